The highest BCUT2D eigenvalue weighted by molar-refractivity contribution is 5.79. The van der Waals surface area contributed by atoms with Crippen molar-refractivity contribution >= 4 is 5.91 Å². The maximum absolute atomic E-state index is 10.7. The third-order valence-electron chi connectivity index (χ3n) is 1.80. The number of primary amides is 1. The first kappa shape index (κ1) is 12.4. The van der Waals surface area contributed by atoms with Gasteiger partial charge in [0.05, 0.1) is 11.6 Å². The summed E-state index contributed by atoms with van der Waals surface area (Å²) in [4.78, 5) is 10.7. The van der Waals surface area contributed by atoms with E-state index < -0.39 is 0 Å². The van der Waals surface area contributed by atoms with Crippen molar-refractivity contribution in [2.75, 3.05) is 13.2 Å². The Morgan fingerprint density at radius 2 is 2.15 bits per heavy atom. The van der Waals surface area contributed by atoms with Gasteiger partial charge in [-0.3, -0.25) is 4.79 Å². The predicted molar refractivity (Wildman–Crippen MR) is 52.4 cm³/mol. The van der Waals surface area contributed by atoms with Crippen molar-refractivity contribution in [3.8, 4) is 0 Å². The van der Waals surface area contributed by atoms with Crippen molar-refractivity contribution in [3.05, 3.63) is 0 Å². The lowest BCUT2D eigenvalue weighted by molar-refractivity contribution is -0.119. The molecule has 13 heavy (non-hydrogen) atoms. The molecule has 1 atom stereocenters. The van der Waals surface area contributed by atoms with Crippen LogP contribution in [0, 0.1) is 0 Å². The van der Waals surface area contributed by atoms with Gasteiger partial charge in [0.25, 0.3) is 0 Å². The Kier molecular flexibility index (Phi) is 4.95. The van der Waals surface area contributed by atoms with E-state index >= 15 is 0 Å². The zero-order valence-electron chi connectivity index (χ0n) is 8.89. The fourth-order valence-corrected chi connectivity index (χ4v) is 0.941. The fraction of sp³-hybridized carbons (Fsp3) is 0.889. The SMILES string of the molecule is CCOC(C)(C)CNC(C)C(N)=O. The number of nitrogens with two attached hydrogens (primary N) is 1. The Morgan fingerprint density at radius 3 is 2.54 bits per heavy atom. The summed E-state index contributed by atoms with van der Waals surface area (Å²) >= 11 is 0. The molecule has 0 aromatic heterocycles. The van der Waals surface area contributed by atoms with Crippen LogP contribution in [0.3, 0.4) is 0 Å². The third kappa shape index (κ3) is 5.60. The zero-order chi connectivity index (χ0) is 10.5. The minimum Gasteiger partial charge on any atom is -0.375 e. The van der Waals surface area contributed by atoms with Crippen molar-refractivity contribution in [3.63, 3.8) is 0 Å². The fourth-order valence-electron chi connectivity index (χ4n) is 0.941. The molecule has 1 amide bonds. The Morgan fingerprint density at radius 1 is 1.62 bits per heavy atom. The van der Waals surface area contributed by atoms with Gasteiger partial charge in [-0.15, -0.1) is 0 Å². The van der Waals surface area contributed by atoms with Gasteiger partial charge in [0.2, 0.25) is 5.91 Å². The summed E-state index contributed by atoms with van der Waals surface area (Å²) < 4.78 is 5.44. The molecular weight excluding hydrogens is 168 g/mol. The van der Waals surface area contributed by atoms with E-state index in [1.807, 2.05) is 20.8 Å². The van der Waals surface area contributed by atoms with Crippen LogP contribution in [0.25, 0.3) is 0 Å². The van der Waals surface area contributed by atoms with E-state index in [0.717, 1.165) is 0 Å². The van der Waals surface area contributed by atoms with Gasteiger partial charge in [-0.1, -0.05) is 0 Å². The quantitative estimate of drug-likeness (QED) is 0.628. The number of carbonyl (C=O) groups is 1. The van der Waals surface area contributed by atoms with Crippen molar-refractivity contribution in [1.29, 1.82) is 0 Å². The molecule has 3 N–H and O–H groups in total. The van der Waals surface area contributed by atoms with Crippen LogP contribution in [0.1, 0.15) is 27.7 Å². The molecule has 0 spiro atoms. The van der Waals surface area contributed by atoms with Gasteiger partial charge in [-0.2, -0.15) is 0 Å². The van der Waals surface area contributed by atoms with Crippen LogP contribution < -0.4 is 11.1 Å². The predicted octanol–water partition coefficient (Wildman–Crippen LogP) is 0.265. The summed E-state index contributed by atoms with van der Waals surface area (Å²) in [6.07, 6.45) is 0. The van der Waals surface area contributed by atoms with Crippen LogP contribution >= 0.6 is 0 Å². The molecule has 0 heterocycles. The van der Waals surface area contributed by atoms with Gasteiger partial charge in [0.1, 0.15) is 0 Å². The maximum Gasteiger partial charge on any atom is 0.234 e. The molecule has 0 aliphatic carbocycles. The van der Waals surface area contributed by atoms with E-state index in [2.05, 4.69) is 5.32 Å². The summed E-state index contributed by atoms with van der Waals surface area (Å²) in [6.45, 7) is 8.91. The number of rotatable bonds is 6. The summed E-state index contributed by atoms with van der Waals surface area (Å²) in [7, 11) is 0. The largest absolute Gasteiger partial charge is 0.375 e. The second-order valence-corrected chi connectivity index (χ2v) is 3.70. The first-order valence-corrected chi connectivity index (χ1v) is 4.55. The Hall–Kier alpha value is -0.610. The molecule has 0 saturated carbocycles. The third-order valence-corrected chi connectivity index (χ3v) is 1.80. The van der Waals surface area contributed by atoms with Gasteiger partial charge in [-0.25, -0.2) is 0 Å². The number of hydrogen-bond acceptors (Lipinski definition) is 3. The van der Waals surface area contributed by atoms with Crippen molar-refractivity contribution in [2.24, 2.45) is 5.73 Å². The lowest BCUT2D eigenvalue weighted by Gasteiger charge is -2.26. The Balaban J connectivity index is 3.80. The monoisotopic (exact) mass is 188 g/mol. The highest BCUT2D eigenvalue weighted by Gasteiger charge is 2.19. The molecule has 4 heteroatoms. The number of nitrogens with one attached hydrogen (secondary N) is 1. The lowest BCUT2D eigenvalue weighted by Crippen LogP contribution is -2.46. The van der Waals surface area contributed by atoms with Gasteiger partial charge in [-0.05, 0) is 27.7 Å². The molecule has 4 nitrogen and oxygen atoms in total. The van der Waals surface area contributed by atoms with E-state index in [4.69, 9.17) is 10.5 Å². The summed E-state index contributed by atoms with van der Waals surface area (Å²) in [6, 6.07) is -0.306. The highest BCUT2D eigenvalue weighted by atomic mass is 16.5. The first-order chi connectivity index (χ1) is 5.89. The molecular formula is C9H20N2O2. The van der Waals surface area contributed by atoms with E-state index in [-0.39, 0.29) is 17.6 Å². The number of carbonyl (C=O) groups excluding carboxylic acids is 1. The van der Waals surface area contributed by atoms with Crippen LogP contribution in [0.15, 0.2) is 0 Å². The smallest absolute Gasteiger partial charge is 0.234 e. The van der Waals surface area contributed by atoms with E-state index in [9.17, 15) is 4.79 Å². The lowest BCUT2D eigenvalue weighted by atomic mass is 10.1. The zero-order valence-corrected chi connectivity index (χ0v) is 8.89. The van der Waals surface area contributed by atoms with Gasteiger partial charge >= 0.3 is 0 Å². The van der Waals surface area contributed by atoms with Crippen LogP contribution in [-0.2, 0) is 9.53 Å². The Bertz CT molecular complexity index is 169. The molecule has 0 aromatic rings. The molecule has 1 unspecified atom stereocenters. The van der Waals surface area contributed by atoms with Crippen molar-refractivity contribution in [1.82, 2.24) is 5.32 Å². The molecule has 0 aliphatic rings. The average Bonchev–Trinajstić information content (AvgIpc) is 2.00. The number of hydrogen-bond donors (Lipinski definition) is 2. The number of ether oxygens (including phenoxy) is 1. The maximum atomic E-state index is 10.7. The topological polar surface area (TPSA) is 64.3 Å². The molecule has 78 valence electrons. The average molecular weight is 188 g/mol. The second kappa shape index (κ2) is 5.19. The van der Waals surface area contributed by atoms with Gasteiger partial charge in [0.15, 0.2) is 0 Å². The van der Waals surface area contributed by atoms with Gasteiger partial charge < -0.3 is 15.8 Å². The number of amides is 1. The van der Waals surface area contributed by atoms with E-state index in [1.165, 1.54) is 0 Å². The highest BCUT2D eigenvalue weighted by Crippen LogP contribution is 2.06. The molecule has 0 aromatic carbocycles. The Labute approximate surface area is 79.8 Å². The van der Waals surface area contributed by atoms with Gasteiger partial charge in [0, 0.05) is 13.2 Å². The van der Waals surface area contributed by atoms with Crippen LogP contribution in [0.5, 0.6) is 0 Å². The second-order valence-electron chi connectivity index (χ2n) is 3.70. The van der Waals surface area contributed by atoms with E-state index in [0.29, 0.717) is 13.2 Å². The molecule has 0 bridgehead atoms. The molecule has 0 fully saturated rings. The van der Waals surface area contributed by atoms with Crippen LogP contribution in [0.4, 0.5) is 0 Å². The standard InChI is InChI=1S/C9H20N2O2/c1-5-13-9(3,4)6-11-7(2)8(10)12/h7,11H,5-6H2,1-4H3,(H2,10,12). The summed E-state index contributed by atoms with van der Waals surface area (Å²) in [5.41, 5.74) is 4.85. The van der Waals surface area contributed by atoms with Crippen molar-refractivity contribution < 1.29 is 9.53 Å². The molecule has 0 saturated heterocycles. The first-order valence-electron chi connectivity index (χ1n) is 4.55. The van der Waals surface area contributed by atoms with Crippen LogP contribution in [0.2, 0.25) is 0 Å². The summed E-state index contributed by atoms with van der Waals surface area (Å²) in [5, 5.41) is 3.01. The van der Waals surface area contributed by atoms with Crippen molar-refractivity contribution in [2.45, 2.75) is 39.3 Å². The summed E-state index contributed by atoms with van der Waals surface area (Å²) in [5.74, 6) is -0.340. The molecule has 0 aliphatic heterocycles. The van der Waals surface area contributed by atoms with Crippen LogP contribution in [-0.4, -0.2) is 30.7 Å². The minimum absolute atomic E-state index is 0.252. The minimum atomic E-state index is -0.340. The van der Waals surface area contributed by atoms with E-state index in [1.54, 1.807) is 6.92 Å². The molecule has 0 radical (unpaired) electrons. The normalized spacial score (nSPS) is 14.2. The molecule has 0 rings (SSSR count).